The number of aromatic carboxylic acids is 1. The lowest BCUT2D eigenvalue weighted by Gasteiger charge is -2.20. The highest BCUT2D eigenvalue weighted by molar-refractivity contribution is 5.87. The number of carboxylic acid groups (broad SMARTS) is 1. The van der Waals surface area contributed by atoms with Crippen LogP contribution in [0.2, 0.25) is 0 Å². The van der Waals surface area contributed by atoms with E-state index in [4.69, 9.17) is 9.47 Å². The Bertz CT molecular complexity index is 743. The molecule has 0 saturated carbocycles. The predicted molar refractivity (Wildman–Crippen MR) is 115 cm³/mol. The van der Waals surface area contributed by atoms with Crippen LogP contribution < -0.4 is 5.32 Å². The molecule has 5 nitrogen and oxygen atoms in total. The monoisotopic (exact) mass is 387 g/mol. The minimum absolute atomic E-state index is 0. The minimum atomic E-state index is -0.956. The third kappa shape index (κ3) is 7.84. The van der Waals surface area contributed by atoms with Crippen molar-refractivity contribution in [1.29, 1.82) is 0 Å². The molecule has 2 aromatic carbocycles. The second kappa shape index (κ2) is 13.4. The third-order valence-electron chi connectivity index (χ3n) is 3.74. The van der Waals surface area contributed by atoms with Gasteiger partial charge in [0, 0.05) is 6.54 Å². The molecule has 0 aliphatic carbocycles. The van der Waals surface area contributed by atoms with Crippen LogP contribution in [0.3, 0.4) is 0 Å². The maximum absolute atomic E-state index is 11.3. The lowest BCUT2D eigenvalue weighted by Crippen LogP contribution is -2.21. The van der Waals surface area contributed by atoms with Gasteiger partial charge < -0.3 is 19.9 Å². The van der Waals surface area contributed by atoms with Gasteiger partial charge in [-0.3, -0.25) is 0 Å². The van der Waals surface area contributed by atoms with Gasteiger partial charge in [-0.05, 0) is 36.8 Å². The lowest BCUT2D eigenvalue weighted by molar-refractivity contribution is 0.0694. The molecule has 1 atom stereocenters. The van der Waals surface area contributed by atoms with E-state index in [2.05, 4.69) is 11.9 Å². The summed E-state index contributed by atoms with van der Waals surface area (Å²) in [5, 5.41) is 12.2. The average Bonchev–Trinajstić information content (AvgIpc) is 2.69. The van der Waals surface area contributed by atoms with Gasteiger partial charge in [0.15, 0.2) is 5.88 Å². The summed E-state index contributed by atoms with van der Waals surface area (Å²) < 4.78 is 11.0. The number of hydrogen-bond donors (Lipinski definition) is 2. The Morgan fingerprint density at radius 3 is 2.32 bits per heavy atom. The number of benzene rings is 2. The number of rotatable bonds is 9. The first-order valence-electron chi connectivity index (χ1n) is 8.99. The SMILES string of the molecule is C.C=C(NCCOC(c1cccc(C)c1)c1cccc(C(=O)O)c1)OC.CC. The van der Waals surface area contributed by atoms with E-state index >= 15 is 0 Å². The highest BCUT2D eigenvalue weighted by atomic mass is 16.5. The van der Waals surface area contributed by atoms with Crippen LogP contribution in [0.1, 0.15) is 54.4 Å². The van der Waals surface area contributed by atoms with Crippen molar-refractivity contribution in [2.24, 2.45) is 0 Å². The summed E-state index contributed by atoms with van der Waals surface area (Å²) in [6, 6.07) is 14.8. The predicted octanol–water partition coefficient (Wildman–Crippen LogP) is 5.17. The van der Waals surface area contributed by atoms with Crippen LogP contribution in [-0.2, 0) is 9.47 Å². The number of aryl methyl sites for hydroxylation is 1. The van der Waals surface area contributed by atoms with Gasteiger partial charge in [0.05, 0.1) is 19.3 Å². The highest BCUT2D eigenvalue weighted by Gasteiger charge is 2.16. The fourth-order valence-electron chi connectivity index (χ4n) is 2.49. The number of hydrogen-bond acceptors (Lipinski definition) is 4. The molecule has 0 heterocycles. The first-order chi connectivity index (χ1) is 13.0. The quantitative estimate of drug-likeness (QED) is 0.459. The van der Waals surface area contributed by atoms with Crippen LogP contribution in [0.15, 0.2) is 61.0 Å². The summed E-state index contributed by atoms with van der Waals surface area (Å²) >= 11 is 0. The molecule has 2 N–H and O–H groups in total. The zero-order valence-electron chi connectivity index (χ0n) is 16.5. The molecule has 0 radical (unpaired) electrons. The zero-order valence-corrected chi connectivity index (χ0v) is 16.5. The molecule has 28 heavy (non-hydrogen) atoms. The van der Waals surface area contributed by atoms with Gasteiger partial charge in [0.2, 0.25) is 0 Å². The van der Waals surface area contributed by atoms with Crippen molar-refractivity contribution in [1.82, 2.24) is 5.32 Å². The summed E-state index contributed by atoms with van der Waals surface area (Å²) in [6.45, 7) is 10.7. The van der Waals surface area contributed by atoms with E-state index in [1.54, 1.807) is 25.3 Å². The van der Waals surface area contributed by atoms with Gasteiger partial charge >= 0.3 is 5.97 Å². The first-order valence-corrected chi connectivity index (χ1v) is 8.99. The van der Waals surface area contributed by atoms with E-state index < -0.39 is 5.97 Å². The summed E-state index contributed by atoms with van der Waals surface area (Å²) in [5.41, 5.74) is 3.14. The Labute approximate surface area is 169 Å². The number of nitrogens with one attached hydrogen (secondary N) is 1. The lowest BCUT2D eigenvalue weighted by atomic mass is 9.98. The first kappa shape index (κ1) is 25.2. The Kier molecular flexibility index (Phi) is 12.1. The second-order valence-electron chi connectivity index (χ2n) is 5.65. The second-order valence-corrected chi connectivity index (χ2v) is 5.65. The molecule has 154 valence electrons. The van der Waals surface area contributed by atoms with Crippen molar-refractivity contribution in [2.45, 2.75) is 34.3 Å². The van der Waals surface area contributed by atoms with E-state index in [9.17, 15) is 9.90 Å². The van der Waals surface area contributed by atoms with E-state index in [1.165, 1.54) is 0 Å². The Balaban J connectivity index is 0.00000235. The largest absolute Gasteiger partial charge is 0.483 e. The van der Waals surface area contributed by atoms with Crippen molar-refractivity contribution in [3.63, 3.8) is 0 Å². The summed E-state index contributed by atoms with van der Waals surface area (Å²) in [5.74, 6) is -0.480. The summed E-state index contributed by atoms with van der Waals surface area (Å²) in [7, 11) is 1.54. The average molecular weight is 388 g/mol. The van der Waals surface area contributed by atoms with Gasteiger partial charge in [0.1, 0.15) is 6.10 Å². The smallest absolute Gasteiger partial charge is 0.335 e. The molecular weight excluding hydrogens is 354 g/mol. The van der Waals surface area contributed by atoms with E-state index in [-0.39, 0.29) is 19.1 Å². The van der Waals surface area contributed by atoms with Crippen LogP contribution in [-0.4, -0.2) is 31.3 Å². The van der Waals surface area contributed by atoms with Gasteiger partial charge in [-0.2, -0.15) is 0 Å². The van der Waals surface area contributed by atoms with Crippen LogP contribution in [0, 0.1) is 6.92 Å². The molecule has 2 rings (SSSR count). The van der Waals surface area contributed by atoms with Crippen LogP contribution in [0.4, 0.5) is 0 Å². The maximum atomic E-state index is 11.3. The minimum Gasteiger partial charge on any atom is -0.483 e. The van der Waals surface area contributed by atoms with Crippen LogP contribution in [0.25, 0.3) is 0 Å². The number of ether oxygens (including phenoxy) is 2. The Morgan fingerprint density at radius 1 is 1.14 bits per heavy atom. The van der Waals surface area contributed by atoms with Gasteiger partial charge in [-0.25, -0.2) is 4.79 Å². The molecular formula is C23H33NO4. The molecule has 0 amide bonds. The van der Waals surface area contributed by atoms with Gasteiger partial charge in [0.25, 0.3) is 0 Å². The Morgan fingerprint density at radius 2 is 1.75 bits per heavy atom. The zero-order chi connectivity index (χ0) is 20.2. The van der Waals surface area contributed by atoms with E-state index in [0.29, 0.717) is 19.0 Å². The molecule has 2 aromatic rings. The van der Waals surface area contributed by atoms with Crippen LogP contribution in [0.5, 0.6) is 0 Å². The molecule has 0 bridgehead atoms. The van der Waals surface area contributed by atoms with Crippen molar-refractivity contribution in [2.75, 3.05) is 20.3 Å². The van der Waals surface area contributed by atoms with Crippen molar-refractivity contribution < 1.29 is 19.4 Å². The van der Waals surface area contributed by atoms with Crippen molar-refractivity contribution in [3.05, 3.63) is 83.2 Å². The molecule has 0 aromatic heterocycles. The molecule has 0 saturated heterocycles. The van der Waals surface area contributed by atoms with Crippen molar-refractivity contribution in [3.8, 4) is 0 Å². The molecule has 5 heteroatoms. The summed E-state index contributed by atoms with van der Waals surface area (Å²) in [4.78, 5) is 11.3. The molecule has 0 spiro atoms. The topological polar surface area (TPSA) is 67.8 Å². The normalized spacial score (nSPS) is 10.6. The summed E-state index contributed by atoms with van der Waals surface area (Å²) in [6.07, 6.45) is -0.350. The maximum Gasteiger partial charge on any atom is 0.335 e. The number of methoxy groups -OCH3 is 1. The molecule has 0 aliphatic heterocycles. The third-order valence-corrected chi connectivity index (χ3v) is 3.74. The van der Waals surface area contributed by atoms with Gasteiger partial charge in [-0.15, -0.1) is 0 Å². The Hall–Kier alpha value is -2.79. The molecule has 1 unspecified atom stereocenters. The standard InChI is InChI=1S/C20H23NO4.C2H6.CH4/c1-14-6-4-7-16(12-14)19(25-11-10-21-15(2)24-3)17-8-5-9-18(13-17)20(22)23;1-2;/h4-9,12-13,19,21H,2,10-11H2,1,3H3,(H,22,23);1-2H3;1H4. The number of carbonyl (C=O) groups is 1. The van der Waals surface area contributed by atoms with Crippen molar-refractivity contribution >= 4 is 5.97 Å². The fourth-order valence-corrected chi connectivity index (χ4v) is 2.49. The van der Waals surface area contributed by atoms with E-state index in [1.807, 2.05) is 51.1 Å². The fraction of sp³-hybridized carbons (Fsp3) is 0.348. The number of carboxylic acids is 1. The molecule has 0 aliphatic rings. The molecule has 0 fully saturated rings. The van der Waals surface area contributed by atoms with E-state index in [0.717, 1.165) is 16.7 Å². The highest BCUT2D eigenvalue weighted by Crippen LogP contribution is 2.27. The van der Waals surface area contributed by atoms with Crippen LogP contribution >= 0.6 is 0 Å². The van der Waals surface area contributed by atoms with Gasteiger partial charge in [-0.1, -0.05) is 63.2 Å².